The second kappa shape index (κ2) is 15.4. The predicted octanol–water partition coefficient (Wildman–Crippen LogP) is 1.74. The van der Waals surface area contributed by atoms with Crippen LogP contribution in [0.1, 0.15) is 53.0 Å². The maximum atomic E-state index is 13.9. The van der Waals surface area contributed by atoms with Gasteiger partial charge in [0.2, 0.25) is 23.6 Å². The van der Waals surface area contributed by atoms with Crippen LogP contribution in [0.3, 0.4) is 0 Å². The summed E-state index contributed by atoms with van der Waals surface area (Å²) in [6.07, 6.45) is -1.71. The number of hydrogen-bond donors (Lipinski definition) is 4. The third kappa shape index (κ3) is 9.52. The summed E-state index contributed by atoms with van der Waals surface area (Å²) in [6, 6.07) is 6.98. The maximum absolute atomic E-state index is 13.9. The summed E-state index contributed by atoms with van der Waals surface area (Å²) in [5.74, 6) is -2.83. The Hall–Kier alpha value is -3.49. The Morgan fingerprint density at radius 3 is 2.13 bits per heavy atom. The van der Waals surface area contributed by atoms with Gasteiger partial charge in [0, 0.05) is 26.2 Å². The van der Waals surface area contributed by atoms with Crippen molar-refractivity contribution in [2.45, 2.75) is 96.5 Å². The lowest BCUT2D eigenvalue weighted by Crippen LogP contribution is -2.57. The van der Waals surface area contributed by atoms with Crippen molar-refractivity contribution in [3.8, 4) is 0 Å². The number of alkyl carbamates (subject to hydrolysis) is 1. The summed E-state index contributed by atoms with van der Waals surface area (Å²) < 4.78 is 11.9. The standard InChI is InChI=1S/C32H51N5O8Si/c1-20(38)25(27(33)39)34-28(40)23-13-15-36(17-23)29(41)24-14-16-37(18-24)30(42)26(21(2)45-46(6,7)32(3,4)5)35-31(43)44-19-22-11-9-8-10-12-22/h8-12,20-21,23-26,38H,13-19H2,1-7H3,(H2,33,39)(H,34,40)(H,35,43)/t20-,21-,23-,24+,25+,26+/m1/s1. The van der Waals surface area contributed by atoms with Crippen LogP contribution in [0, 0.1) is 11.8 Å². The summed E-state index contributed by atoms with van der Waals surface area (Å²) >= 11 is 0. The van der Waals surface area contributed by atoms with Gasteiger partial charge in [-0.05, 0) is 50.4 Å². The highest BCUT2D eigenvalue weighted by Crippen LogP contribution is 2.38. The molecule has 5 amide bonds. The van der Waals surface area contributed by atoms with E-state index in [1.54, 1.807) is 16.7 Å². The van der Waals surface area contributed by atoms with E-state index >= 15 is 0 Å². The molecular weight excluding hydrogens is 610 g/mol. The molecular formula is C32H51N5O8Si. The minimum Gasteiger partial charge on any atom is -0.445 e. The fraction of sp³-hybridized carbons (Fsp3) is 0.656. The van der Waals surface area contributed by atoms with Gasteiger partial charge in [0.15, 0.2) is 8.32 Å². The lowest BCUT2D eigenvalue weighted by molar-refractivity contribution is -0.136. The second-order valence-electron chi connectivity index (χ2n) is 13.9. The molecule has 6 atom stereocenters. The molecule has 0 bridgehead atoms. The average Bonchev–Trinajstić information content (AvgIpc) is 3.67. The van der Waals surface area contributed by atoms with Gasteiger partial charge >= 0.3 is 6.09 Å². The third-order valence-corrected chi connectivity index (χ3v) is 13.9. The summed E-state index contributed by atoms with van der Waals surface area (Å²) in [7, 11) is -2.32. The van der Waals surface area contributed by atoms with E-state index in [1.807, 2.05) is 30.3 Å². The quantitative estimate of drug-likeness (QED) is 0.245. The molecule has 13 nitrogen and oxygen atoms in total. The Kier molecular flexibility index (Phi) is 12.4. The van der Waals surface area contributed by atoms with Crippen LogP contribution in [0.5, 0.6) is 0 Å². The van der Waals surface area contributed by atoms with Crippen LogP contribution in [0.2, 0.25) is 18.1 Å². The summed E-state index contributed by atoms with van der Waals surface area (Å²) in [5.41, 5.74) is 6.10. The summed E-state index contributed by atoms with van der Waals surface area (Å²) in [4.78, 5) is 67.8. The lowest BCUT2D eigenvalue weighted by atomic mass is 10.1. The van der Waals surface area contributed by atoms with E-state index in [-0.39, 0.29) is 36.5 Å². The van der Waals surface area contributed by atoms with Crippen molar-refractivity contribution >= 4 is 38.0 Å². The molecule has 2 saturated heterocycles. The van der Waals surface area contributed by atoms with Crippen LogP contribution < -0.4 is 16.4 Å². The van der Waals surface area contributed by atoms with Crippen LogP contribution in [0.25, 0.3) is 0 Å². The van der Waals surface area contributed by atoms with Gasteiger partial charge in [-0.25, -0.2) is 4.79 Å². The number of rotatable bonds is 12. The number of carbonyl (C=O) groups is 5. The molecule has 2 aliphatic rings. The number of nitrogens with two attached hydrogens (primary N) is 1. The maximum Gasteiger partial charge on any atom is 0.408 e. The van der Waals surface area contributed by atoms with Gasteiger partial charge in [-0.3, -0.25) is 19.2 Å². The van der Waals surface area contributed by atoms with E-state index < -0.39 is 62.4 Å². The van der Waals surface area contributed by atoms with E-state index in [0.717, 1.165) is 5.56 Å². The van der Waals surface area contributed by atoms with Gasteiger partial charge < -0.3 is 40.4 Å². The molecule has 0 saturated carbocycles. The number of benzene rings is 1. The van der Waals surface area contributed by atoms with Crippen LogP contribution in [-0.4, -0.2) is 103 Å². The average molecular weight is 662 g/mol. The highest BCUT2D eigenvalue weighted by atomic mass is 28.4. The monoisotopic (exact) mass is 661 g/mol. The van der Waals surface area contributed by atoms with Gasteiger partial charge in [0.25, 0.3) is 0 Å². The first kappa shape index (κ1) is 37.0. The predicted molar refractivity (Wildman–Crippen MR) is 173 cm³/mol. The molecule has 0 radical (unpaired) electrons. The van der Waals surface area contributed by atoms with E-state index in [0.29, 0.717) is 25.9 Å². The number of carbonyl (C=O) groups excluding carboxylic acids is 5. The highest BCUT2D eigenvalue weighted by Gasteiger charge is 2.44. The number of hydrogen-bond acceptors (Lipinski definition) is 8. The van der Waals surface area contributed by atoms with Crippen molar-refractivity contribution in [3.05, 3.63) is 35.9 Å². The molecule has 0 aliphatic carbocycles. The first-order valence-corrected chi connectivity index (χ1v) is 18.8. The zero-order valence-electron chi connectivity index (χ0n) is 28.1. The molecule has 1 aromatic rings. The Morgan fingerprint density at radius 1 is 0.957 bits per heavy atom. The number of aliphatic hydroxyl groups excluding tert-OH is 1. The zero-order valence-corrected chi connectivity index (χ0v) is 29.1. The molecule has 2 fully saturated rings. The Morgan fingerprint density at radius 2 is 1.54 bits per heavy atom. The molecule has 256 valence electrons. The van der Waals surface area contributed by atoms with Crippen LogP contribution >= 0.6 is 0 Å². The van der Waals surface area contributed by atoms with E-state index in [2.05, 4.69) is 44.5 Å². The molecule has 5 N–H and O–H groups in total. The number of aliphatic hydroxyl groups is 1. The first-order valence-electron chi connectivity index (χ1n) is 15.9. The van der Waals surface area contributed by atoms with Crippen molar-refractivity contribution in [2.24, 2.45) is 17.6 Å². The molecule has 1 aromatic carbocycles. The molecule has 0 unspecified atom stereocenters. The largest absolute Gasteiger partial charge is 0.445 e. The topological polar surface area (TPSA) is 181 Å². The third-order valence-electron chi connectivity index (χ3n) is 9.31. The number of ether oxygens (including phenoxy) is 1. The summed E-state index contributed by atoms with van der Waals surface area (Å²) in [5, 5.41) is 14.9. The fourth-order valence-electron chi connectivity index (χ4n) is 5.47. The Balaban J connectivity index is 1.65. The zero-order chi connectivity index (χ0) is 34.4. The van der Waals surface area contributed by atoms with Gasteiger partial charge in [-0.2, -0.15) is 0 Å². The first-order chi connectivity index (χ1) is 21.4. The number of nitrogens with one attached hydrogen (secondary N) is 2. The minimum atomic E-state index is -2.32. The van der Waals surface area contributed by atoms with Gasteiger partial charge in [-0.1, -0.05) is 51.1 Å². The van der Waals surface area contributed by atoms with Crippen LogP contribution in [0.15, 0.2) is 30.3 Å². The van der Waals surface area contributed by atoms with E-state index in [4.69, 9.17) is 14.9 Å². The number of amides is 5. The van der Waals surface area contributed by atoms with Gasteiger partial charge in [0.1, 0.15) is 18.7 Å². The van der Waals surface area contributed by atoms with E-state index in [1.165, 1.54) is 6.92 Å². The summed E-state index contributed by atoms with van der Waals surface area (Å²) in [6.45, 7) is 14.6. The molecule has 3 rings (SSSR count). The van der Waals surface area contributed by atoms with E-state index in [9.17, 15) is 29.1 Å². The van der Waals surface area contributed by atoms with Crippen molar-refractivity contribution < 1.29 is 38.2 Å². The Bertz CT molecular complexity index is 1250. The lowest BCUT2D eigenvalue weighted by Gasteiger charge is -2.40. The van der Waals surface area contributed by atoms with Crippen molar-refractivity contribution in [1.82, 2.24) is 20.4 Å². The van der Waals surface area contributed by atoms with Crippen LogP contribution in [-0.2, 0) is 34.9 Å². The van der Waals surface area contributed by atoms with Crippen molar-refractivity contribution in [1.29, 1.82) is 0 Å². The smallest absolute Gasteiger partial charge is 0.408 e. The van der Waals surface area contributed by atoms with Crippen molar-refractivity contribution in [2.75, 3.05) is 26.2 Å². The number of primary amides is 1. The number of likely N-dealkylation sites (tertiary alicyclic amines) is 2. The molecule has 0 spiro atoms. The van der Waals surface area contributed by atoms with Crippen LogP contribution in [0.4, 0.5) is 4.79 Å². The SMILES string of the molecule is C[C@@H](O)[C@H](NC(=O)[C@@H]1CCN(C(=O)[C@H]2CCN(C(=O)[C@@H](NC(=O)OCc3ccccc3)[C@@H](C)O[Si](C)(C)C(C)(C)C)C2)C1)C(N)=O. The molecule has 2 heterocycles. The highest BCUT2D eigenvalue weighted by molar-refractivity contribution is 6.74. The van der Waals surface area contributed by atoms with Gasteiger partial charge in [-0.15, -0.1) is 0 Å². The molecule has 0 aromatic heterocycles. The second-order valence-corrected chi connectivity index (χ2v) is 18.7. The Labute approximate surface area is 272 Å². The molecule has 2 aliphatic heterocycles. The van der Waals surface area contributed by atoms with Crippen molar-refractivity contribution in [3.63, 3.8) is 0 Å². The molecule has 46 heavy (non-hydrogen) atoms. The van der Waals surface area contributed by atoms with Gasteiger partial charge in [0.05, 0.1) is 24.0 Å². The molecule has 14 heteroatoms. The minimum absolute atomic E-state index is 0.0441. The number of nitrogens with zero attached hydrogens (tertiary/aromatic N) is 2. The normalized spacial score (nSPS) is 21.2. The fourth-order valence-corrected chi connectivity index (χ4v) is 6.89.